The molecule has 1 aromatic carbocycles. The second kappa shape index (κ2) is 9.78. The Labute approximate surface area is 213 Å². The number of hydrogen-bond acceptors (Lipinski definition) is 4. The second-order valence-electron chi connectivity index (χ2n) is 11.0. The third-order valence-electron chi connectivity index (χ3n) is 8.17. The van der Waals surface area contributed by atoms with E-state index in [2.05, 4.69) is 0 Å². The van der Waals surface area contributed by atoms with Gasteiger partial charge in [0.15, 0.2) is 0 Å². The molecular formula is C27H34F3N3O4. The first-order valence-electron chi connectivity index (χ1n) is 12.7. The van der Waals surface area contributed by atoms with Crippen molar-refractivity contribution in [1.82, 2.24) is 14.4 Å². The van der Waals surface area contributed by atoms with Crippen LogP contribution in [0.15, 0.2) is 35.3 Å². The van der Waals surface area contributed by atoms with Crippen LogP contribution in [0.1, 0.15) is 55.8 Å². The number of pyridine rings is 1. The summed E-state index contributed by atoms with van der Waals surface area (Å²) in [6.45, 7) is 1.47. The predicted molar refractivity (Wildman–Crippen MR) is 133 cm³/mol. The average Bonchev–Trinajstić information content (AvgIpc) is 3.31. The van der Waals surface area contributed by atoms with E-state index in [0.29, 0.717) is 29.2 Å². The third-order valence-corrected chi connectivity index (χ3v) is 8.17. The molecule has 4 rings (SSSR count). The van der Waals surface area contributed by atoms with Crippen molar-refractivity contribution in [3.05, 3.63) is 46.4 Å². The minimum Gasteiger partial charge on any atom is -0.387 e. The number of amides is 2. The first-order chi connectivity index (χ1) is 17.3. The molecule has 2 amide bonds. The fraction of sp³-hybridized carbons (Fsp3) is 0.593. The predicted octanol–water partition coefficient (Wildman–Crippen LogP) is 3.82. The third kappa shape index (κ3) is 5.12. The smallest absolute Gasteiger partial charge is 0.387 e. The number of benzene rings is 1. The molecule has 1 aromatic heterocycles. The van der Waals surface area contributed by atoms with Crippen molar-refractivity contribution in [2.75, 3.05) is 27.2 Å². The molecule has 1 spiro atoms. The molecule has 2 atom stereocenters. The van der Waals surface area contributed by atoms with Gasteiger partial charge in [0.2, 0.25) is 5.91 Å². The lowest BCUT2D eigenvalue weighted by molar-refractivity contribution is -0.172. The number of alkyl halides is 3. The van der Waals surface area contributed by atoms with Crippen LogP contribution in [0.5, 0.6) is 0 Å². The zero-order valence-corrected chi connectivity index (χ0v) is 21.5. The largest absolute Gasteiger partial charge is 0.389 e. The lowest BCUT2D eigenvalue weighted by atomic mass is 9.65. The van der Waals surface area contributed by atoms with Crippen molar-refractivity contribution in [2.45, 2.75) is 63.8 Å². The maximum absolute atomic E-state index is 13.4. The van der Waals surface area contributed by atoms with Crippen molar-refractivity contribution in [2.24, 2.45) is 11.3 Å². The number of likely N-dealkylation sites (tertiary alicyclic amines) is 1. The van der Waals surface area contributed by atoms with Crippen molar-refractivity contribution in [3.63, 3.8) is 0 Å². The highest BCUT2D eigenvalue weighted by molar-refractivity contribution is 6.06. The van der Waals surface area contributed by atoms with Crippen LogP contribution in [0.3, 0.4) is 0 Å². The normalized spacial score (nSPS) is 22.4. The lowest BCUT2D eigenvalue weighted by Gasteiger charge is -2.52. The first-order valence-corrected chi connectivity index (χ1v) is 12.7. The summed E-state index contributed by atoms with van der Waals surface area (Å²) in [7, 11) is 3.25. The van der Waals surface area contributed by atoms with Crippen LogP contribution < -0.4 is 5.56 Å². The van der Waals surface area contributed by atoms with E-state index in [9.17, 15) is 32.7 Å². The highest BCUT2D eigenvalue weighted by Crippen LogP contribution is 2.52. The zero-order chi connectivity index (χ0) is 27.2. The second-order valence-corrected chi connectivity index (χ2v) is 11.0. The van der Waals surface area contributed by atoms with Crippen molar-refractivity contribution in [3.8, 4) is 0 Å². The van der Waals surface area contributed by atoms with Gasteiger partial charge in [-0.2, -0.15) is 13.2 Å². The van der Waals surface area contributed by atoms with Crippen LogP contribution in [-0.4, -0.2) is 70.3 Å². The summed E-state index contributed by atoms with van der Waals surface area (Å²) < 4.78 is 40.1. The molecule has 7 nitrogen and oxygen atoms in total. The summed E-state index contributed by atoms with van der Waals surface area (Å²) >= 11 is 0. The SMILES string of the molecule is C[C@H](CC(F)(F)F)C(=O)N1CCC(O)(Cn2cc(C(=O)N(C)C)c3ccccc3c2=O)C2(CCCC2)C1. The van der Waals surface area contributed by atoms with Crippen molar-refractivity contribution >= 4 is 22.6 Å². The number of rotatable bonds is 5. The standard InChI is InChI=1S/C27H34F3N3O4/c1-18(14-27(28,29)30)22(34)32-13-12-26(37,25(16-32)10-6-7-11-25)17-33-15-21(23(35)31(2)3)19-8-4-5-9-20(19)24(33)36/h4-5,8-9,15,18,37H,6-7,10-14,16-17H2,1-3H3/t18-,26?/m1/s1. The Bertz CT molecular complexity index is 1250. The molecule has 1 unspecified atom stereocenters. The Morgan fingerprint density at radius 3 is 2.32 bits per heavy atom. The van der Waals surface area contributed by atoms with Crippen LogP contribution >= 0.6 is 0 Å². The molecule has 1 saturated carbocycles. The van der Waals surface area contributed by atoms with E-state index in [-0.39, 0.29) is 37.5 Å². The van der Waals surface area contributed by atoms with Gasteiger partial charge >= 0.3 is 6.18 Å². The van der Waals surface area contributed by atoms with Crippen molar-refractivity contribution < 1.29 is 27.9 Å². The zero-order valence-electron chi connectivity index (χ0n) is 21.5. The fourth-order valence-corrected chi connectivity index (χ4v) is 6.19. The van der Waals surface area contributed by atoms with Gasteiger partial charge in [0.25, 0.3) is 11.5 Å². The molecule has 2 aliphatic rings. The number of fused-ring (bicyclic) bond motifs is 1. The number of carbonyl (C=O) groups is 2. The molecule has 2 aromatic rings. The van der Waals surface area contributed by atoms with E-state index in [1.54, 1.807) is 38.4 Å². The van der Waals surface area contributed by atoms with E-state index in [0.717, 1.165) is 12.8 Å². The van der Waals surface area contributed by atoms with Gasteiger partial charge < -0.3 is 19.5 Å². The van der Waals surface area contributed by atoms with E-state index >= 15 is 0 Å². The highest BCUT2D eigenvalue weighted by Gasteiger charge is 2.56. The van der Waals surface area contributed by atoms with Gasteiger partial charge in [-0.05, 0) is 25.3 Å². The molecule has 10 heteroatoms. The molecule has 1 aliphatic heterocycles. The number of halogens is 3. The molecule has 0 radical (unpaired) electrons. The minimum atomic E-state index is -4.43. The lowest BCUT2D eigenvalue weighted by Crippen LogP contribution is -2.62. The summed E-state index contributed by atoms with van der Waals surface area (Å²) in [4.78, 5) is 42.2. The van der Waals surface area contributed by atoms with Gasteiger partial charge in [0.1, 0.15) is 0 Å². The monoisotopic (exact) mass is 521 g/mol. The molecule has 202 valence electrons. The molecule has 2 fully saturated rings. The first kappa shape index (κ1) is 27.2. The van der Waals surface area contributed by atoms with Crippen LogP contribution in [0, 0.1) is 11.3 Å². The van der Waals surface area contributed by atoms with Gasteiger partial charge in [0, 0.05) is 55.5 Å². The Hall–Kier alpha value is -2.88. The van der Waals surface area contributed by atoms with Gasteiger partial charge in [-0.1, -0.05) is 38.0 Å². The fourth-order valence-electron chi connectivity index (χ4n) is 6.19. The van der Waals surface area contributed by atoms with Gasteiger partial charge in [-0.15, -0.1) is 0 Å². The van der Waals surface area contributed by atoms with Crippen molar-refractivity contribution in [1.29, 1.82) is 0 Å². The molecular weight excluding hydrogens is 487 g/mol. The number of aromatic nitrogens is 1. The van der Waals surface area contributed by atoms with Crippen LogP contribution in [-0.2, 0) is 11.3 Å². The summed E-state index contributed by atoms with van der Waals surface area (Å²) in [5.74, 6) is -2.04. The maximum atomic E-state index is 13.4. The Balaban J connectivity index is 1.69. The minimum absolute atomic E-state index is 0.0650. The van der Waals surface area contributed by atoms with Gasteiger partial charge in [-0.3, -0.25) is 14.4 Å². The maximum Gasteiger partial charge on any atom is 0.389 e. The molecule has 1 N–H and O–H groups in total. The molecule has 37 heavy (non-hydrogen) atoms. The van der Waals surface area contributed by atoms with Crippen LogP contribution in [0.2, 0.25) is 0 Å². The number of nitrogens with zero attached hydrogens (tertiary/aromatic N) is 3. The summed E-state index contributed by atoms with van der Waals surface area (Å²) in [6, 6.07) is 6.85. The highest BCUT2D eigenvalue weighted by atomic mass is 19.4. The van der Waals surface area contributed by atoms with Gasteiger partial charge in [-0.25, -0.2) is 0 Å². The topological polar surface area (TPSA) is 82.8 Å². The Morgan fingerprint density at radius 1 is 1.11 bits per heavy atom. The molecule has 0 bridgehead atoms. The summed E-state index contributed by atoms with van der Waals surface area (Å²) in [5, 5.41) is 13.0. The van der Waals surface area contributed by atoms with E-state index in [1.165, 1.54) is 27.5 Å². The summed E-state index contributed by atoms with van der Waals surface area (Å²) in [6.07, 6.45) is -1.15. The summed E-state index contributed by atoms with van der Waals surface area (Å²) in [5.41, 5.74) is -2.09. The quantitative estimate of drug-likeness (QED) is 0.649. The van der Waals surface area contributed by atoms with E-state index < -0.39 is 35.4 Å². The Morgan fingerprint density at radius 2 is 1.73 bits per heavy atom. The molecule has 1 aliphatic carbocycles. The van der Waals surface area contributed by atoms with E-state index in [1.807, 2.05) is 0 Å². The molecule has 1 saturated heterocycles. The number of hydrogen-bond donors (Lipinski definition) is 1. The van der Waals surface area contributed by atoms with Crippen LogP contribution in [0.25, 0.3) is 10.8 Å². The van der Waals surface area contributed by atoms with Gasteiger partial charge in [0.05, 0.1) is 24.1 Å². The van der Waals surface area contributed by atoms with E-state index in [4.69, 9.17) is 0 Å². The number of aliphatic hydroxyl groups is 1. The molecule has 2 heterocycles. The van der Waals surface area contributed by atoms with Crippen LogP contribution in [0.4, 0.5) is 13.2 Å². The average molecular weight is 522 g/mol. The Kier molecular flexibility index (Phi) is 7.18. The number of carbonyl (C=O) groups excluding carboxylic acids is 2. The number of piperidine rings is 1.